The first-order valence-corrected chi connectivity index (χ1v) is 9.69. The number of hydrogen-bond donors (Lipinski definition) is 1. The molecule has 1 aromatic carbocycles. The quantitative estimate of drug-likeness (QED) is 0.591. The number of rotatable bonds is 7. The van der Waals surface area contributed by atoms with E-state index in [-0.39, 0.29) is 24.1 Å². The molecule has 1 fully saturated rings. The smallest absolute Gasteiger partial charge is 0.235 e. The zero-order chi connectivity index (χ0) is 18.5. The molecule has 0 aliphatic heterocycles. The highest BCUT2D eigenvalue weighted by atomic mass is 35.5. The van der Waals surface area contributed by atoms with Gasteiger partial charge in [-0.15, -0.1) is 11.6 Å². The number of amides is 1. The number of ketones is 1. The zero-order valence-electron chi connectivity index (χ0n) is 15.1. The Labute approximate surface area is 158 Å². The summed E-state index contributed by atoms with van der Waals surface area (Å²) in [6, 6.07) is 5.75. The zero-order valence-corrected chi connectivity index (χ0v) is 15.8. The molecular weight excluding hydrogens is 352 g/mol. The molecule has 1 aromatic heterocycles. The van der Waals surface area contributed by atoms with E-state index in [1.54, 1.807) is 7.11 Å². The van der Waals surface area contributed by atoms with E-state index in [9.17, 15) is 9.59 Å². The van der Waals surface area contributed by atoms with E-state index in [0.29, 0.717) is 11.5 Å². The molecule has 5 nitrogen and oxygen atoms in total. The second kappa shape index (κ2) is 8.58. The molecule has 1 aliphatic rings. The third-order valence-electron chi connectivity index (χ3n) is 5.13. The van der Waals surface area contributed by atoms with Gasteiger partial charge in [-0.25, -0.2) is 0 Å². The van der Waals surface area contributed by atoms with E-state index >= 15 is 0 Å². The Morgan fingerprint density at radius 2 is 2.04 bits per heavy atom. The van der Waals surface area contributed by atoms with Crippen LogP contribution in [0.1, 0.15) is 42.5 Å². The standard InChI is InChI=1S/C20H25ClN2O3/c1-26-18-9-5-8-15-16(17(24)11-22-19(25)10-21)13-23(20(15)18)12-14-6-3-2-4-7-14/h5,8-9,13-14H,2-4,6-7,10-12H2,1H3,(H,22,25). The van der Waals surface area contributed by atoms with Gasteiger partial charge in [0.1, 0.15) is 11.6 Å². The summed E-state index contributed by atoms with van der Waals surface area (Å²) in [6.07, 6.45) is 8.23. The van der Waals surface area contributed by atoms with Crippen molar-refractivity contribution in [2.24, 2.45) is 5.92 Å². The maximum Gasteiger partial charge on any atom is 0.235 e. The number of methoxy groups -OCH3 is 1. The Morgan fingerprint density at radius 3 is 2.73 bits per heavy atom. The average molecular weight is 377 g/mol. The van der Waals surface area contributed by atoms with Crippen LogP contribution in [0.2, 0.25) is 0 Å². The minimum atomic E-state index is -0.344. The summed E-state index contributed by atoms with van der Waals surface area (Å²) in [4.78, 5) is 24.0. The molecule has 26 heavy (non-hydrogen) atoms. The lowest BCUT2D eigenvalue weighted by atomic mass is 9.89. The number of benzene rings is 1. The lowest BCUT2D eigenvalue weighted by molar-refractivity contribution is -0.118. The SMILES string of the molecule is COc1cccc2c(C(=O)CNC(=O)CCl)cn(CC3CCCCC3)c12. The Hall–Kier alpha value is -2.01. The van der Waals surface area contributed by atoms with Gasteiger partial charge in [0.2, 0.25) is 5.91 Å². The molecule has 0 radical (unpaired) electrons. The summed E-state index contributed by atoms with van der Waals surface area (Å²) in [5.74, 6) is 0.780. The molecule has 0 atom stereocenters. The van der Waals surface area contributed by atoms with Crippen molar-refractivity contribution in [1.82, 2.24) is 9.88 Å². The molecule has 3 rings (SSSR count). The number of ether oxygens (including phenoxy) is 1. The van der Waals surface area contributed by atoms with Gasteiger partial charge in [0.25, 0.3) is 0 Å². The molecular formula is C20H25ClN2O3. The van der Waals surface area contributed by atoms with Gasteiger partial charge in [0.15, 0.2) is 5.78 Å². The summed E-state index contributed by atoms with van der Waals surface area (Å²) in [5.41, 5.74) is 1.57. The Balaban J connectivity index is 1.93. The number of alkyl halides is 1. The number of nitrogens with one attached hydrogen (secondary N) is 1. The number of hydrogen-bond acceptors (Lipinski definition) is 3. The minimum Gasteiger partial charge on any atom is -0.495 e. The van der Waals surface area contributed by atoms with Crippen LogP contribution in [0, 0.1) is 5.92 Å². The number of carbonyl (C=O) groups is 2. The Bertz CT molecular complexity index is 794. The third-order valence-corrected chi connectivity index (χ3v) is 5.37. The summed E-state index contributed by atoms with van der Waals surface area (Å²) in [7, 11) is 1.65. The fourth-order valence-electron chi connectivity index (χ4n) is 3.83. The number of Topliss-reactive ketones (excluding diaryl/α,β-unsaturated/α-hetero) is 1. The maximum absolute atomic E-state index is 12.7. The van der Waals surface area contributed by atoms with Crippen molar-refractivity contribution in [3.63, 3.8) is 0 Å². The van der Waals surface area contributed by atoms with Crippen LogP contribution < -0.4 is 10.1 Å². The van der Waals surface area contributed by atoms with Gasteiger partial charge >= 0.3 is 0 Å². The van der Waals surface area contributed by atoms with Crippen molar-refractivity contribution in [3.8, 4) is 5.75 Å². The first-order valence-electron chi connectivity index (χ1n) is 9.15. The van der Waals surface area contributed by atoms with E-state index in [1.165, 1.54) is 32.1 Å². The molecule has 1 amide bonds. The predicted octanol–water partition coefficient (Wildman–Crippen LogP) is 3.77. The summed E-state index contributed by atoms with van der Waals surface area (Å²) >= 11 is 5.48. The second-order valence-electron chi connectivity index (χ2n) is 6.89. The van der Waals surface area contributed by atoms with E-state index in [2.05, 4.69) is 9.88 Å². The lowest BCUT2D eigenvalue weighted by Crippen LogP contribution is -2.30. The van der Waals surface area contributed by atoms with Gasteiger partial charge in [0.05, 0.1) is 19.2 Å². The van der Waals surface area contributed by atoms with Crippen LogP contribution in [0.4, 0.5) is 0 Å². The molecule has 1 saturated carbocycles. The van der Waals surface area contributed by atoms with Crippen LogP contribution in [0.5, 0.6) is 5.75 Å². The molecule has 1 aliphatic carbocycles. The van der Waals surface area contributed by atoms with E-state index in [0.717, 1.165) is 23.2 Å². The Morgan fingerprint density at radius 1 is 1.27 bits per heavy atom. The molecule has 1 N–H and O–H groups in total. The van der Waals surface area contributed by atoms with Gasteiger partial charge in [-0.3, -0.25) is 9.59 Å². The number of halogens is 1. The first-order chi connectivity index (χ1) is 12.6. The van der Waals surface area contributed by atoms with Gasteiger partial charge in [-0.05, 0) is 24.8 Å². The highest BCUT2D eigenvalue weighted by Gasteiger charge is 2.21. The monoisotopic (exact) mass is 376 g/mol. The summed E-state index contributed by atoms with van der Waals surface area (Å²) < 4.78 is 7.70. The van der Waals surface area contributed by atoms with Gasteiger partial charge in [-0.2, -0.15) is 0 Å². The summed E-state index contributed by atoms with van der Waals surface area (Å²) in [6.45, 7) is 0.837. The molecule has 0 spiro atoms. The number of nitrogens with zero attached hydrogens (tertiary/aromatic N) is 1. The highest BCUT2D eigenvalue weighted by molar-refractivity contribution is 6.27. The predicted molar refractivity (Wildman–Crippen MR) is 103 cm³/mol. The van der Waals surface area contributed by atoms with Crippen LogP contribution in [0.3, 0.4) is 0 Å². The molecule has 0 bridgehead atoms. The van der Waals surface area contributed by atoms with Crippen LogP contribution in [0.25, 0.3) is 10.9 Å². The first kappa shape index (κ1) is 18.8. The summed E-state index contributed by atoms with van der Waals surface area (Å²) in [5, 5.41) is 3.42. The van der Waals surface area contributed by atoms with Crippen LogP contribution in [-0.2, 0) is 11.3 Å². The molecule has 0 saturated heterocycles. The van der Waals surface area contributed by atoms with Crippen molar-refractivity contribution in [2.75, 3.05) is 19.5 Å². The van der Waals surface area contributed by atoms with E-state index < -0.39 is 0 Å². The highest BCUT2D eigenvalue weighted by Crippen LogP contribution is 2.33. The Kier molecular flexibility index (Phi) is 6.20. The number of para-hydroxylation sites is 1. The third kappa shape index (κ3) is 4.04. The normalized spacial score (nSPS) is 15.2. The molecule has 1 heterocycles. The number of carbonyl (C=O) groups excluding carboxylic acids is 2. The second-order valence-corrected chi connectivity index (χ2v) is 7.16. The molecule has 0 unspecified atom stereocenters. The van der Waals surface area contributed by atoms with Crippen LogP contribution >= 0.6 is 11.6 Å². The van der Waals surface area contributed by atoms with E-state index in [1.807, 2.05) is 24.4 Å². The van der Waals surface area contributed by atoms with Crippen molar-refractivity contribution in [2.45, 2.75) is 38.6 Å². The number of aromatic nitrogens is 1. The average Bonchev–Trinajstić information content (AvgIpc) is 3.05. The van der Waals surface area contributed by atoms with E-state index in [4.69, 9.17) is 16.3 Å². The topological polar surface area (TPSA) is 60.3 Å². The number of fused-ring (bicyclic) bond motifs is 1. The minimum absolute atomic E-state index is 0.0503. The maximum atomic E-state index is 12.7. The molecule has 2 aromatic rings. The van der Waals surface area contributed by atoms with Crippen molar-refractivity contribution in [3.05, 3.63) is 30.0 Å². The fourth-order valence-corrected chi connectivity index (χ4v) is 3.92. The van der Waals surface area contributed by atoms with Gasteiger partial charge in [-0.1, -0.05) is 31.4 Å². The molecule has 6 heteroatoms. The van der Waals surface area contributed by atoms with Crippen molar-refractivity contribution >= 4 is 34.2 Å². The van der Waals surface area contributed by atoms with Crippen LogP contribution in [0.15, 0.2) is 24.4 Å². The fraction of sp³-hybridized carbons (Fsp3) is 0.500. The van der Waals surface area contributed by atoms with Crippen molar-refractivity contribution in [1.29, 1.82) is 0 Å². The van der Waals surface area contributed by atoms with Crippen LogP contribution in [-0.4, -0.2) is 35.8 Å². The van der Waals surface area contributed by atoms with Gasteiger partial charge in [0, 0.05) is 23.7 Å². The largest absolute Gasteiger partial charge is 0.495 e. The van der Waals surface area contributed by atoms with Gasteiger partial charge < -0.3 is 14.6 Å². The lowest BCUT2D eigenvalue weighted by Gasteiger charge is -2.22. The molecule has 140 valence electrons. The van der Waals surface area contributed by atoms with Crippen molar-refractivity contribution < 1.29 is 14.3 Å².